The lowest BCUT2D eigenvalue weighted by molar-refractivity contribution is -0.127. The van der Waals surface area contributed by atoms with E-state index in [1.165, 1.54) is 12.1 Å². The van der Waals surface area contributed by atoms with Crippen molar-refractivity contribution in [2.24, 2.45) is 0 Å². The van der Waals surface area contributed by atoms with E-state index in [1.807, 2.05) is 23.1 Å². The van der Waals surface area contributed by atoms with Crippen LogP contribution in [-0.2, 0) is 16.1 Å². The van der Waals surface area contributed by atoms with Crippen molar-refractivity contribution in [2.75, 3.05) is 57.9 Å². The first-order valence-electron chi connectivity index (χ1n) is 13.1. The average Bonchev–Trinajstić information content (AvgIpc) is 3.36. The third kappa shape index (κ3) is 5.88. The highest BCUT2D eigenvalue weighted by Crippen LogP contribution is 2.29. The molecule has 2 amide bonds. The maximum atomic E-state index is 14.0. The van der Waals surface area contributed by atoms with Gasteiger partial charge in [0.05, 0.1) is 25.8 Å². The summed E-state index contributed by atoms with van der Waals surface area (Å²) in [6, 6.07) is 13.6. The minimum absolute atomic E-state index is 0.164. The molecule has 8 nitrogen and oxygen atoms in total. The molecule has 3 heterocycles. The molecule has 0 radical (unpaired) electrons. The summed E-state index contributed by atoms with van der Waals surface area (Å²) in [7, 11) is 1.63. The molecule has 200 valence electrons. The van der Waals surface area contributed by atoms with E-state index in [-0.39, 0.29) is 11.8 Å². The molecule has 0 spiro atoms. The number of morpholine rings is 1. The van der Waals surface area contributed by atoms with Crippen LogP contribution in [0.1, 0.15) is 35.2 Å². The number of anilines is 1. The van der Waals surface area contributed by atoms with E-state index in [4.69, 9.17) is 14.5 Å². The van der Waals surface area contributed by atoms with Crippen LogP contribution in [0.3, 0.4) is 0 Å². The first-order chi connectivity index (χ1) is 18.5. The summed E-state index contributed by atoms with van der Waals surface area (Å²) in [5.41, 5.74) is 2.02. The molecule has 0 atom stereocenters. The molecule has 0 unspecified atom stereocenters. The van der Waals surface area contributed by atoms with Crippen LogP contribution in [0.4, 0.5) is 10.2 Å². The third-order valence-electron chi connectivity index (χ3n) is 7.14. The fourth-order valence-electron chi connectivity index (χ4n) is 5.13. The Labute approximate surface area is 221 Å². The van der Waals surface area contributed by atoms with Crippen molar-refractivity contribution >= 4 is 28.5 Å². The number of rotatable bonds is 9. The highest BCUT2D eigenvalue weighted by molar-refractivity contribution is 5.94. The quantitative estimate of drug-likeness (QED) is 0.427. The zero-order valence-electron chi connectivity index (χ0n) is 21.7. The molecule has 2 aliphatic rings. The standard InChI is InChI=1S/C29H33FN4O4/c1-37-25-9-8-21-17-23(28(31-26(21)19-25)33-13-15-38-16-14-33)20-34(12-4-11-32-10-3-7-27(32)35)29(36)22-5-2-6-24(30)18-22/h2,5-6,8-9,17-19H,3-4,7,10-16,20H2,1H3. The predicted molar refractivity (Wildman–Crippen MR) is 143 cm³/mol. The second-order valence-electron chi connectivity index (χ2n) is 9.70. The Balaban J connectivity index is 1.47. The lowest BCUT2D eigenvalue weighted by atomic mass is 10.1. The van der Waals surface area contributed by atoms with Crippen LogP contribution in [0.2, 0.25) is 0 Å². The zero-order chi connectivity index (χ0) is 26.5. The summed E-state index contributed by atoms with van der Waals surface area (Å²) in [5.74, 6) is 0.997. The van der Waals surface area contributed by atoms with E-state index in [1.54, 1.807) is 24.1 Å². The second kappa shape index (κ2) is 11.8. The Bertz CT molecular complexity index is 1310. The molecule has 0 aliphatic carbocycles. The van der Waals surface area contributed by atoms with E-state index >= 15 is 0 Å². The van der Waals surface area contributed by atoms with Crippen LogP contribution >= 0.6 is 0 Å². The van der Waals surface area contributed by atoms with Crippen LogP contribution in [0, 0.1) is 5.82 Å². The van der Waals surface area contributed by atoms with Crippen molar-refractivity contribution in [2.45, 2.75) is 25.8 Å². The Morgan fingerprint density at radius 1 is 1.13 bits per heavy atom. The number of halogens is 1. The first-order valence-corrected chi connectivity index (χ1v) is 13.1. The number of hydrogen-bond donors (Lipinski definition) is 0. The van der Waals surface area contributed by atoms with Gasteiger partial charge in [0.2, 0.25) is 5.91 Å². The number of methoxy groups -OCH3 is 1. The first kappa shape index (κ1) is 25.9. The lowest BCUT2D eigenvalue weighted by Crippen LogP contribution is -2.39. The molecular weight excluding hydrogens is 487 g/mol. The Kier molecular flexibility index (Phi) is 8.03. The van der Waals surface area contributed by atoms with Gasteiger partial charge in [-0.15, -0.1) is 0 Å². The van der Waals surface area contributed by atoms with Gasteiger partial charge in [0.25, 0.3) is 5.91 Å². The number of hydrogen-bond acceptors (Lipinski definition) is 6. The largest absolute Gasteiger partial charge is 0.497 e. The minimum atomic E-state index is -0.450. The molecule has 3 aromatic rings. The van der Waals surface area contributed by atoms with Crippen molar-refractivity contribution < 1.29 is 23.5 Å². The molecule has 5 rings (SSSR count). The zero-order valence-corrected chi connectivity index (χ0v) is 21.7. The molecule has 2 aromatic carbocycles. The van der Waals surface area contributed by atoms with Gasteiger partial charge in [-0.1, -0.05) is 6.07 Å². The van der Waals surface area contributed by atoms with Crippen LogP contribution in [0.15, 0.2) is 48.5 Å². The summed E-state index contributed by atoms with van der Waals surface area (Å²) in [4.78, 5) is 36.5. The van der Waals surface area contributed by atoms with E-state index < -0.39 is 5.82 Å². The molecule has 0 bridgehead atoms. The van der Waals surface area contributed by atoms with E-state index in [9.17, 15) is 14.0 Å². The maximum absolute atomic E-state index is 14.0. The van der Waals surface area contributed by atoms with Crippen LogP contribution in [0.25, 0.3) is 10.9 Å². The smallest absolute Gasteiger partial charge is 0.254 e. The maximum Gasteiger partial charge on any atom is 0.254 e. The van der Waals surface area contributed by atoms with Crippen molar-refractivity contribution in [3.8, 4) is 5.75 Å². The van der Waals surface area contributed by atoms with Crippen LogP contribution < -0.4 is 9.64 Å². The number of amides is 2. The number of aromatic nitrogens is 1. The van der Waals surface area contributed by atoms with Crippen molar-refractivity contribution in [1.82, 2.24) is 14.8 Å². The van der Waals surface area contributed by atoms with Gasteiger partial charge in [0, 0.05) is 68.3 Å². The molecule has 2 aliphatic heterocycles. The SMILES string of the molecule is COc1ccc2cc(CN(CCCN3CCCC3=O)C(=O)c3cccc(F)c3)c(N3CCOCC3)nc2c1. The summed E-state index contributed by atoms with van der Waals surface area (Å²) >= 11 is 0. The van der Waals surface area contributed by atoms with Crippen LogP contribution in [-0.4, -0.2) is 79.6 Å². The van der Waals surface area contributed by atoms with Gasteiger partial charge in [-0.05, 0) is 49.2 Å². The molecular formula is C29H33FN4O4. The summed E-state index contributed by atoms with van der Waals surface area (Å²) in [6.07, 6.45) is 2.10. The van der Waals surface area contributed by atoms with E-state index in [2.05, 4.69) is 11.0 Å². The monoisotopic (exact) mass is 520 g/mol. The normalized spacial score (nSPS) is 15.8. The molecule has 0 saturated carbocycles. The van der Waals surface area contributed by atoms with Crippen molar-refractivity contribution in [3.63, 3.8) is 0 Å². The van der Waals surface area contributed by atoms with Gasteiger partial charge >= 0.3 is 0 Å². The van der Waals surface area contributed by atoms with Crippen molar-refractivity contribution in [1.29, 1.82) is 0 Å². The molecule has 9 heteroatoms. The van der Waals surface area contributed by atoms with Gasteiger partial charge in [-0.3, -0.25) is 9.59 Å². The van der Waals surface area contributed by atoms with Gasteiger partial charge < -0.3 is 24.2 Å². The fraction of sp³-hybridized carbons (Fsp3) is 0.414. The average molecular weight is 521 g/mol. The summed E-state index contributed by atoms with van der Waals surface area (Å²) in [6.45, 7) is 4.70. The van der Waals surface area contributed by atoms with Crippen LogP contribution in [0.5, 0.6) is 5.75 Å². The molecule has 38 heavy (non-hydrogen) atoms. The molecule has 2 saturated heterocycles. The minimum Gasteiger partial charge on any atom is -0.497 e. The molecule has 0 N–H and O–H groups in total. The van der Waals surface area contributed by atoms with Crippen molar-refractivity contribution in [3.05, 3.63) is 65.5 Å². The summed E-state index contributed by atoms with van der Waals surface area (Å²) in [5, 5.41) is 0.943. The Hall–Kier alpha value is -3.72. The second-order valence-corrected chi connectivity index (χ2v) is 9.70. The number of pyridine rings is 1. The van der Waals surface area contributed by atoms with Gasteiger partial charge in [0.1, 0.15) is 17.4 Å². The van der Waals surface area contributed by atoms with Gasteiger partial charge in [0.15, 0.2) is 0 Å². The van der Waals surface area contributed by atoms with E-state index in [0.717, 1.165) is 41.0 Å². The van der Waals surface area contributed by atoms with Gasteiger partial charge in [-0.25, -0.2) is 9.37 Å². The molecule has 1 aromatic heterocycles. The highest BCUT2D eigenvalue weighted by atomic mass is 19.1. The lowest BCUT2D eigenvalue weighted by Gasteiger charge is -2.31. The van der Waals surface area contributed by atoms with Gasteiger partial charge in [-0.2, -0.15) is 0 Å². The Morgan fingerprint density at radius 2 is 1.97 bits per heavy atom. The number of benzene rings is 2. The third-order valence-corrected chi connectivity index (χ3v) is 7.14. The van der Waals surface area contributed by atoms with E-state index in [0.29, 0.717) is 64.3 Å². The number of likely N-dealkylation sites (tertiary alicyclic amines) is 1. The highest BCUT2D eigenvalue weighted by Gasteiger charge is 2.24. The molecule has 2 fully saturated rings. The number of carbonyl (C=O) groups is 2. The number of nitrogens with zero attached hydrogens (tertiary/aromatic N) is 4. The number of fused-ring (bicyclic) bond motifs is 1. The number of ether oxygens (including phenoxy) is 2. The number of carbonyl (C=O) groups excluding carboxylic acids is 2. The summed E-state index contributed by atoms with van der Waals surface area (Å²) < 4.78 is 25.0. The Morgan fingerprint density at radius 3 is 2.71 bits per heavy atom. The topological polar surface area (TPSA) is 75.2 Å². The fourth-order valence-corrected chi connectivity index (χ4v) is 5.13. The predicted octanol–water partition coefficient (Wildman–Crippen LogP) is 3.87.